The molecular formula is C43H40N4O9S. The molecule has 57 heavy (non-hydrogen) atoms. The molecule has 3 heterocycles. The van der Waals surface area contributed by atoms with Crippen molar-refractivity contribution in [1.82, 2.24) is 19.1 Å². The minimum Gasteiger partial charge on any atom is -0.497 e. The molecule has 0 bridgehead atoms. The number of carbonyl (C=O) groups is 1. The molecule has 0 amide bonds. The summed E-state index contributed by atoms with van der Waals surface area (Å²) in [7, 11) is 3.23. The van der Waals surface area contributed by atoms with Gasteiger partial charge in [0.1, 0.15) is 30.0 Å². The third kappa shape index (κ3) is 8.43. The molecule has 14 heteroatoms. The summed E-state index contributed by atoms with van der Waals surface area (Å²) in [6.45, 7) is -0.0440. The van der Waals surface area contributed by atoms with Crippen molar-refractivity contribution in [3.63, 3.8) is 0 Å². The molecule has 0 unspecified atom stereocenters. The number of ether oxygens (including phenoxy) is 6. The Hall–Kier alpha value is -6.35. The molecule has 1 aliphatic heterocycles. The highest BCUT2D eigenvalue weighted by molar-refractivity contribution is 7.80. The molecule has 1 aliphatic rings. The van der Waals surface area contributed by atoms with E-state index >= 15 is 0 Å². The van der Waals surface area contributed by atoms with Crippen LogP contribution in [0, 0.1) is 5.92 Å². The van der Waals surface area contributed by atoms with Crippen molar-refractivity contribution < 1.29 is 33.2 Å². The summed E-state index contributed by atoms with van der Waals surface area (Å²) in [5, 5.41) is 0.0296. The number of aromatic amines is 1. The van der Waals surface area contributed by atoms with Gasteiger partial charge in [0.25, 0.3) is 10.7 Å². The number of rotatable bonds is 14. The number of nitrogens with zero attached hydrogens (tertiary/aromatic N) is 3. The first kappa shape index (κ1) is 38.9. The maximum atomic E-state index is 13.3. The van der Waals surface area contributed by atoms with Gasteiger partial charge in [-0.05, 0) is 71.7 Å². The van der Waals surface area contributed by atoms with Crippen molar-refractivity contribution in [2.75, 3.05) is 27.4 Å². The molecule has 4 aromatic carbocycles. The number of thiocarbonyl (C=S) groups is 1. The summed E-state index contributed by atoms with van der Waals surface area (Å²) < 4.78 is 39.8. The molecule has 0 aliphatic carbocycles. The van der Waals surface area contributed by atoms with Crippen LogP contribution in [0.1, 0.15) is 39.7 Å². The fourth-order valence-electron chi connectivity index (χ4n) is 7.04. The Morgan fingerprint density at radius 3 is 2.02 bits per heavy atom. The third-order valence-corrected chi connectivity index (χ3v) is 10.2. The van der Waals surface area contributed by atoms with E-state index in [1.165, 1.54) is 27.7 Å². The average molecular weight is 789 g/mol. The van der Waals surface area contributed by atoms with Crippen molar-refractivity contribution in [2.24, 2.45) is 5.92 Å². The lowest BCUT2D eigenvalue weighted by molar-refractivity contribution is -0.0574. The third-order valence-electron chi connectivity index (χ3n) is 9.88. The Morgan fingerprint density at radius 2 is 1.44 bits per heavy atom. The number of nitrogens with one attached hydrogen (secondary N) is 1. The standard InChI is InChI=1S/C43H40N4O9S/c1-51-33-17-13-31(14-18-33)43(30-11-7-4-8-12-30,32-15-19-34(52-2)20-16-32)54-26-22-36-35(27-53-40(49)29-9-5-3-6-10-29)38(56-42(57)46-25-23-44-28-46)39(55-36)47-24-21-37(48)45-41(47)50/h3-21,23-25,28,35-36,38-39H,22,26-27H2,1-2H3,(H,45,48,50)/t35-,36-,38-,39-/m1/s1. The van der Waals surface area contributed by atoms with Crippen molar-refractivity contribution >= 4 is 23.4 Å². The summed E-state index contributed by atoms with van der Waals surface area (Å²) in [5.41, 5.74) is 0.493. The number of H-pyrrole nitrogens is 1. The highest BCUT2D eigenvalue weighted by atomic mass is 32.1. The van der Waals surface area contributed by atoms with Crippen LogP contribution in [0.3, 0.4) is 0 Å². The van der Waals surface area contributed by atoms with Crippen LogP contribution in [0.4, 0.5) is 0 Å². The quantitative estimate of drug-likeness (QED) is 0.0820. The summed E-state index contributed by atoms with van der Waals surface area (Å²) in [6, 6.07) is 35.1. The van der Waals surface area contributed by atoms with Gasteiger partial charge in [-0.15, -0.1) is 0 Å². The Labute approximate surface area is 333 Å². The van der Waals surface area contributed by atoms with Gasteiger partial charge in [-0.25, -0.2) is 14.6 Å². The summed E-state index contributed by atoms with van der Waals surface area (Å²) >= 11 is 5.66. The van der Waals surface area contributed by atoms with Crippen molar-refractivity contribution in [3.05, 3.63) is 183 Å². The van der Waals surface area contributed by atoms with E-state index in [0.717, 1.165) is 16.7 Å². The molecular weight excluding hydrogens is 749 g/mol. The number of carbonyl (C=O) groups excluding carboxylic acids is 1. The number of aromatic nitrogens is 4. The van der Waals surface area contributed by atoms with Gasteiger partial charge in [0.2, 0.25) is 0 Å². The first-order chi connectivity index (χ1) is 27.8. The monoisotopic (exact) mass is 788 g/mol. The number of hydrogen-bond donors (Lipinski definition) is 1. The first-order valence-electron chi connectivity index (χ1n) is 18.2. The largest absolute Gasteiger partial charge is 0.497 e. The lowest BCUT2D eigenvalue weighted by Crippen LogP contribution is -2.40. The van der Waals surface area contributed by atoms with E-state index in [2.05, 4.69) is 9.97 Å². The van der Waals surface area contributed by atoms with Crippen molar-refractivity contribution in [3.8, 4) is 11.5 Å². The second kappa shape index (κ2) is 17.6. The van der Waals surface area contributed by atoms with Crippen LogP contribution in [-0.4, -0.2) is 69.9 Å². The van der Waals surface area contributed by atoms with Gasteiger partial charge in [-0.1, -0.05) is 72.8 Å². The van der Waals surface area contributed by atoms with E-state index < -0.39 is 47.2 Å². The van der Waals surface area contributed by atoms with Gasteiger partial charge in [0.05, 0.1) is 38.4 Å². The minimum atomic E-state index is -1.12. The molecule has 2 aromatic heterocycles. The molecule has 6 aromatic rings. The van der Waals surface area contributed by atoms with Gasteiger partial charge in [-0.3, -0.25) is 18.9 Å². The zero-order valence-electron chi connectivity index (χ0n) is 31.1. The van der Waals surface area contributed by atoms with Crippen LogP contribution in [0.5, 0.6) is 11.5 Å². The van der Waals surface area contributed by atoms with E-state index in [-0.39, 0.29) is 24.8 Å². The molecule has 0 spiro atoms. The molecule has 1 fully saturated rings. The Bertz CT molecular complexity index is 2320. The highest BCUT2D eigenvalue weighted by Crippen LogP contribution is 2.43. The number of methoxy groups -OCH3 is 2. The lowest BCUT2D eigenvalue weighted by Gasteiger charge is -2.36. The second-order valence-electron chi connectivity index (χ2n) is 13.2. The summed E-state index contributed by atoms with van der Waals surface area (Å²) in [5.74, 6) is 0.143. The molecule has 0 radical (unpaired) electrons. The van der Waals surface area contributed by atoms with Crippen LogP contribution in [0.25, 0.3) is 0 Å². The normalized spacial score (nSPS) is 17.8. The van der Waals surface area contributed by atoms with E-state index in [9.17, 15) is 14.4 Å². The fourth-order valence-corrected chi connectivity index (χ4v) is 7.26. The van der Waals surface area contributed by atoms with Gasteiger partial charge in [-0.2, -0.15) is 0 Å². The Kier molecular flexibility index (Phi) is 12.0. The number of benzene rings is 4. The van der Waals surface area contributed by atoms with Crippen LogP contribution < -0.4 is 20.7 Å². The smallest absolute Gasteiger partial charge is 0.338 e. The molecule has 1 N–H and O–H groups in total. The van der Waals surface area contributed by atoms with Gasteiger partial charge >= 0.3 is 11.7 Å². The number of hydrogen-bond acceptors (Lipinski definition) is 11. The number of imidazole rings is 1. The van der Waals surface area contributed by atoms with Crippen LogP contribution in [-0.2, 0) is 24.5 Å². The van der Waals surface area contributed by atoms with E-state index in [1.54, 1.807) is 56.9 Å². The molecule has 1 saturated heterocycles. The van der Waals surface area contributed by atoms with Crippen LogP contribution in [0.15, 0.2) is 150 Å². The van der Waals surface area contributed by atoms with Crippen LogP contribution >= 0.6 is 12.2 Å². The topological polar surface area (TPSA) is 145 Å². The Balaban J connectivity index is 1.26. The van der Waals surface area contributed by atoms with E-state index in [0.29, 0.717) is 17.1 Å². The molecule has 292 valence electrons. The summed E-state index contributed by atoms with van der Waals surface area (Å²) in [4.78, 5) is 45.0. The van der Waals surface area contributed by atoms with Crippen molar-refractivity contribution in [2.45, 2.75) is 30.5 Å². The predicted molar refractivity (Wildman–Crippen MR) is 213 cm³/mol. The Morgan fingerprint density at radius 1 is 0.825 bits per heavy atom. The molecule has 7 rings (SSSR count). The molecule has 13 nitrogen and oxygen atoms in total. The van der Waals surface area contributed by atoms with Gasteiger partial charge < -0.3 is 28.4 Å². The highest BCUT2D eigenvalue weighted by Gasteiger charge is 2.49. The summed E-state index contributed by atoms with van der Waals surface area (Å²) in [6.07, 6.45) is 3.46. The van der Waals surface area contributed by atoms with Gasteiger partial charge in [0, 0.05) is 24.7 Å². The minimum absolute atomic E-state index is 0.0296. The zero-order valence-corrected chi connectivity index (χ0v) is 32.0. The maximum absolute atomic E-state index is 13.3. The lowest BCUT2D eigenvalue weighted by atomic mass is 9.80. The maximum Gasteiger partial charge on any atom is 0.338 e. The van der Waals surface area contributed by atoms with E-state index in [1.807, 2.05) is 78.9 Å². The van der Waals surface area contributed by atoms with E-state index in [4.69, 9.17) is 40.6 Å². The molecule has 4 atom stereocenters. The average Bonchev–Trinajstić information content (AvgIpc) is 3.91. The van der Waals surface area contributed by atoms with Gasteiger partial charge in [0.15, 0.2) is 12.3 Å². The second-order valence-corrected chi connectivity index (χ2v) is 13.5. The van der Waals surface area contributed by atoms with Crippen molar-refractivity contribution in [1.29, 1.82) is 0 Å². The molecule has 0 saturated carbocycles. The first-order valence-corrected chi connectivity index (χ1v) is 18.6. The predicted octanol–water partition coefficient (Wildman–Crippen LogP) is 5.74. The zero-order chi connectivity index (χ0) is 39.8. The fraction of sp³-hybridized carbons (Fsp3) is 0.233. The SMILES string of the molecule is COc1ccc(C(OCC[C@H]2O[C@@H](n3ccc(=O)[nH]c3=O)[C@H](OC(=S)n3ccnc3)[C@@H]2COC(=O)c2ccccc2)(c2ccccc2)c2ccc(OC)cc2)cc1. The number of esters is 1. The van der Waals surface area contributed by atoms with Crippen LogP contribution in [0.2, 0.25) is 0 Å².